The number of hydrogen-bond acceptors (Lipinski definition) is 4. The maximum Gasteiger partial charge on any atom is 0.222 e. The molecule has 0 saturated carbocycles. The van der Waals surface area contributed by atoms with Crippen molar-refractivity contribution in [3.05, 3.63) is 51.5 Å². The van der Waals surface area contributed by atoms with E-state index in [-0.39, 0.29) is 11.9 Å². The highest BCUT2D eigenvalue weighted by Crippen LogP contribution is 2.34. The van der Waals surface area contributed by atoms with Gasteiger partial charge in [0.2, 0.25) is 5.91 Å². The van der Waals surface area contributed by atoms with Crippen LogP contribution >= 0.6 is 27.5 Å². The summed E-state index contributed by atoms with van der Waals surface area (Å²) in [6.45, 7) is 1.08. The van der Waals surface area contributed by atoms with E-state index in [2.05, 4.69) is 26.6 Å². The van der Waals surface area contributed by atoms with Crippen molar-refractivity contribution in [1.82, 2.24) is 5.32 Å². The number of ether oxygens (including phenoxy) is 2. The van der Waals surface area contributed by atoms with Crippen molar-refractivity contribution < 1.29 is 14.3 Å². The Morgan fingerprint density at radius 2 is 2.19 bits per heavy atom. The third kappa shape index (κ3) is 4.62. The predicted octanol–water partition coefficient (Wildman–Crippen LogP) is 4.55. The summed E-state index contributed by atoms with van der Waals surface area (Å²) in [5, 5.41) is 6.90. The molecule has 0 saturated heterocycles. The van der Waals surface area contributed by atoms with E-state index in [0.717, 1.165) is 27.9 Å². The highest BCUT2D eigenvalue weighted by atomic mass is 79.9. The molecular weight excluding hydrogens is 420 g/mol. The van der Waals surface area contributed by atoms with Crippen LogP contribution in [0.4, 0.5) is 5.69 Å². The van der Waals surface area contributed by atoms with Crippen LogP contribution in [0, 0.1) is 0 Å². The summed E-state index contributed by atoms with van der Waals surface area (Å²) < 4.78 is 11.9. The van der Waals surface area contributed by atoms with Crippen LogP contribution in [0.5, 0.6) is 11.5 Å². The molecule has 26 heavy (non-hydrogen) atoms. The molecule has 0 aromatic heterocycles. The summed E-state index contributed by atoms with van der Waals surface area (Å²) in [6, 6.07) is 11.2. The zero-order valence-electron chi connectivity index (χ0n) is 14.4. The Morgan fingerprint density at radius 3 is 3.00 bits per heavy atom. The van der Waals surface area contributed by atoms with Crippen molar-refractivity contribution in [2.24, 2.45) is 0 Å². The molecule has 1 amide bonds. The fourth-order valence-electron chi connectivity index (χ4n) is 2.91. The minimum absolute atomic E-state index is 0.0173. The molecule has 7 heteroatoms. The van der Waals surface area contributed by atoms with Gasteiger partial charge in [-0.2, -0.15) is 0 Å². The first-order valence-electron chi connectivity index (χ1n) is 8.36. The number of carbonyl (C=O) groups is 1. The van der Waals surface area contributed by atoms with Gasteiger partial charge >= 0.3 is 0 Å². The smallest absolute Gasteiger partial charge is 0.222 e. The normalized spacial score (nSPS) is 15.6. The fraction of sp³-hybridized carbons (Fsp3) is 0.316. The fourth-order valence-corrected chi connectivity index (χ4v) is 3.46. The lowest BCUT2D eigenvalue weighted by molar-refractivity contribution is -0.121. The third-order valence-electron chi connectivity index (χ3n) is 4.18. The second-order valence-electron chi connectivity index (χ2n) is 5.96. The van der Waals surface area contributed by atoms with Gasteiger partial charge in [-0.3, -0.25) is 4.79 Å². The number of methoxy groups -OCH3 is 1. The first-order valence-corrected chi connectivity index (χ1v) is 9.53. The Labute approximate surface area is 166 Å². The van der Waals surface area contributed by atoms with Gasteiger partial charge in [-0.15, -0.1) is 0 Å². The van der Waals surface area contributed by atoms with Crippen LogP contribution in [0.15, 0.2) is 40.9 Å². The summed E-state index contributed by atoms with van der Waals surface area (Å²) in [5.41, 5.74) is 1.77. The molecule has 1 aliphatic rings. The van der Waals surface area contributed by atoms with Gasteiger partial charge in [-0.05, 0) is 36.4 Å². The number of benzene rings is 2. The first kappa shape index (κ1) is 18.9. The lowest BCUT2D eigenvalue weighted by atomic mass is 10.0. The van der Waals surface area contributed by atoms with Gasteiger partial charge in [-0.25, -0.2) is 0 Å². The van der Waals surface area contributed by atoms with Crippen LogP contribution in [0.2, 0.25) is 5.02 Å². The summed E-state index contributed by atoms with van der Waals surface area (Å²) in [6.07, 6.45) is 1.10. The minimum atomic E-state index is -0.0375. The largest absolute Gasteiger partial charge is 0.495 e. The quantitative estimate of drug-likeness (QED) is 0.693. The highest BCUT2D eigenvalue weighted by molar-refractivity contribution is 9.10. The van der Waals surface area contributed by atoms with Crippen molar-refractivity contribution in [2.75, 3.05) is 25.6 Å². The molecule has 1 aliphatic heterocycles. The van der Waals surface area contributed by atoms with Crippen LogP contribution in [0.1, 0.15) is 24.4 Å². The van der Waals surface area contributed by atoms with Crippen LogP contribution < -0.4 is 20.1 Å². The number of amides is 1. The summed E-state index contributed by atoms with van der Waals surface area (Å²) in [4.78, 5) is 12.4. The molecular formula is C19H20BrClN2O3. The summed E-state index contributed by atoms with van der Waals surface area (Å²) >= 11 is 9.48. The molecule has 1 unspecified atom stereocenters. The van der Waals surface area contributed by atoms with Crippen molar-refractivity contribution in [1.29, 1.82) is 0 Å². The molecule has 0 bridgehead atoms. The molecule has 2 N–H and O–H groups in total. The van der Waals surface area contributed by atoms with E-state index in [1.54, 1.807) is 25.3 Å². The summed E-state index contributed by atoms with van der Waals surface area (Å²) in [5.74, 6) is 1.50. The zero-order chi connectivity index (χ0) is 18.5. The number of halogens is 2. The number of rotatable bonds is 6. The van der Waals surface area contributed by atoms with Crippen molar-refractivity contribution >= 4 is 39.1 Å². The van der Waals surface area contributed by atoms with Crippen LogP contribution in [0.25, 0.3) is 0 Å². The van der Waals surface area contributed by atoms with Gasteiger partial charge in [0.25, 0.3) is 0 Å². The SMILES string of the molecule is COc1ccc(Cl)cc1NCCC(=O)NC1CCOc2ccc(Br)cc21. The lowest BCUT2D eigenvalue weighted by Gasteiger charge is -2.27. The molecule has 138 valence electrons. The minimum Gasteiger partial charge on any atom is -0.495 e. The first-order chi connectivity index (χ1) is 12.6. The van der Waals surface area contributed by atoms with Crippen molar-refractivity contribution in [2.45, 2.75) is 18.9 Å². The van der Waals surface area contributed by atoms with E-state index in [1.165, 1.54) is 0 Å². The maximum atomic E-state index is 12.4. The topological polar surface area (TPSA) is 59.6 Å². The zero-order valence-corrected chi connectivity index (χ0v) is 16.7. The summed E-state index contributed by atoms with van der Waals surface area (Å²) in [7, 11) is 1.60. The molecule has 2 aromatic carbocycles. The molecule has 1 heterocycles. The second-order valence-corrected chi connectivity index (χ2v) is 7.31. The Bertz CT molecular complexity index is 800. The van der Waals surface area contributed by atoms with Gasteiger partial charge in [0, 0.05) is 34.4 Å². The molecule has 0 spiro atoms. The van der Waals surface area contributed by atoms with Gasteiger partial charge in [0.15, 0.2) is 0 Å². The molecule has 5 nitrogen and oxygen atoms in total. The van der Waals surface area contributed by atoms with Gasteiger partial charge in [0.05, 0.1) is 25.4 Å². The monoisotopic (exact) mass is 438 g/mol. The third-order valence-corrected chi connectivity index (χ3v) is 4.90. The average molecular weight is 440 g/mol. The van der Waals surface area contributed by atoms with Gasteiger partial charge < -0.3 is 20.1 Å². The molecule has 3 rings (SSSR count). The van der Waals surface area contributed by atoms with Crippen LogP contribution in [-0.2, 0) is 4.79 Å². The van der Waals surface area contributed by atoms with E-state index in [4.69, 9.17) is 21.1 Å². The number of hydrogen-bond donors (Lipinski definition) is 2. The highest BCUT2D eigenvalue weighted by Gasteiger charge is 2.23. The van der Waals surface area contributed by atoms with E-state index < -0.39 is 0 Å². The van der Waals surface area contributed by atoms with Gasteiger partial charge in [0.1, 0.15) is 11.5 Å². The number of nitrogens with one attached hydrogen (secondary N) is 2. The number of anilines is 1. The number of carbonyl (C=O) groups excluding carboxylic acids is 1. The lowest BCUT2D eigenvalue weighted by Crippen LogP contribution is -2.33. The number of fused-ring (bicyclic) bond motifs is 1. The van der Waals surface area contributed by atoms with Crippen LogP contribution in [0.3, 0.4) is 0 Å². The molecule has 1 atom stereocenters. The molecule has 0 aliphatic carbocycles. The maximum absolute atomic E-state index is 12.4. The van der Waals surface area contributed by atoms with Gasteiger partial charge in [-0.1, -0.05) is 27.5 Å². The molecule has 0 fully saturated rings. The van der Waals surface area contributed by atoms with E-state index >= 15 is 0 Å². The van der Waals surface area contributed by atoms with Crippen LogP contribution in [-0.4, -0.2) is 26.2 Å². The van der Waals surface area contributed by atoms with E-state index in [1.807, 2.05) is 18.2 Å². The second kappa shape index (κ2) is 8.64. The molecule has 0 radical (unpaired) electrons. The van der Waals surface area contributed by atoms with E-state index in [0.29, 0.717) is 30.3 Å². The van der Waals surface area contributed by atoms with Crippen molar-refractivity contribution in [3.63, 3.8) is 0 Å². The standard InChI is InChI=1S/C19H20BrClN2O3/c1-25-18-5-3-13(21)11-16(18)22-8-6-19(24)23-15-7-9-26-17-4-2-12(20)10-14(15)17/h2-5,10-11,15,22H,6-9H2,1H3,(H,23,24). The van der Waals surface area contributed by atoms with E-state index in [9.17, 15) is 4.79 Å². The Kier molecular flexibility index (Phi) is 6.27. The Balaban J connectivity index is 1.56. The Morgan fingerprint density at radius 1 is 1.35 bits per heavy atom. The molecule has 2 aromatic rings. The predicted molar refractivity (Wildman–Crippen MR) is 106 cm³/mol. The van der Waals surface area contributed by atoms with Crippen molar-refractivity contribution in [3.8, 4) is 11.5 Å². The Hall–Kier alpha value is -1.92. The average Bonchev–Trinajstić information content (AvgIpc) is 2.62.